The van der Waals surface area contributed by atoms with Gasteiger partial charge < -0.3 is 0 Å². The molecule has 0 amide bonds. The van der Waals surface area contributed by atoms with Crippen molar-refractivity contribution in [3.8, 4) is 11.8 Å². The molecule has 0 fully saturated rings. The van der Waals surface area contributed by atoms with Gasteiger partial charge in [-0.25, -0.2) is 0 Å². The molecular weight excluding hydrogens is 96.1 g/mol. The van der Waals surface area contributed by atoms with Gasteiger partial charge >= 0.3 is 0 Å². The third-order valence-electron chi connectivity index (χ3n) is 0.757. The maximum Gasteiger partial charge on any atom is 0.0269 e. The van der Waals surface area contributed by atoms with Gasteiger partial charge in [-0.15, -0.1) is 5.92 Å². The predicted octanol–water partition coefficient (Wildman–Crippen LogP) is 2.37. The minimum Gasteiger partial charge on any atom is -0.103 e. The Labute approximate surface area is 51.6 Å². The van der Waals surface area contributed by atoms with Crippen molar-refractivity contribution < 1.29 is 0 Å². The van der Waals surface area contributed by atoms with Crippen molar-refractivity contribution in [2.75, 3.05) is 0 Å². The molecule has 0 N–H and O–H groups in total. The molecule has 0 aliphatic rings. The molecule has 44 valence electrons. The SMILES string of the molecule is C/C=C/CC#CCC. The highest BCUT2D eigenvalue weighted by Crippen LogP contribution is 1.78. The van der Waals surface area contributed by atoms with Crippen LogP contribution in [-0.2, 0) is 0 Å². The van der Waals surface area contributed by atoms with Crippen LogP contribution < -0.4 is 0 Å². The van der Waals surface area contributed by atoms with Crippen LogP contribution in [0.2, 0.25) is 0 Å². The highest BCUT2D eigenvalue weighted by atomic mass is 13.7. The Morgan fingerprint density at radius 1 is 1.38 bits per heavy atom. The Balaban J connectivity index is 3.15. The molecule has 0 radical (unpaired) electrons. The molecule has 0 aromatic rings. The molecular formula is C8H12. The van der Waals surface area contributed by atoms with Crippen LogP contribution in [0.1, 0.15) is 26.7 Å². The quantitative estimate of drug-likeness (QED) is 0.357. The molecule has 8 heavy (non-hydrogen) atoms. The fraction of sp³-hybridized carbons (Fsp3) is 0.500. The molecule has 0 heteroatoms. The lowest BCUT2D eigenvalue weighted by molar-refractivity contribution is 1.27. The van der Waals surface area contributed by atoms with Crippen LogP contribution in [0.25, 0.3) is 0 Å². The molecule has 0 heterocycles. The second kappa shape index (κ2) is 6.30. The first kappa shape index (κ1) is 7.30. The Kier molecular flexibility index (Phi) is 5.75. The van der Waals surface area contributed by atoms with E-state index < -0.39 is 0 Å². The average Bonchev–Trinajstić information content (AvgIpc) is 1.81. The van der Waals surface area contributed by atoms with Gasteiger partial charge in [-0.3, -0.25) is 0 Å². The fourth-order valence-corrected chi connectivity index (χ4v) is 0.374. The van der Waals surface area contributed by atoms with Gasteiger partial charge in [-0.1, -0.05) is 25.0 Å². The maximum atomic E-state index is 3.00. The van der Waals surface area contributed by atoms with Crippen LogP contribution in [0.3, 0.4) is 0 Å². The summed E-state index contributed by atoms with van der Waals surface area (Å²) >= 11 is 0. The van der Waals surface area contributed by atoms with Crippen LogP contribution >= 0.6 is 0 Å². The second-order valence-electron chi connectivity index (χ2n) is 1.48. The van der Waals surface area contributed by atoms with Crippen LogP contribution in [0.4, 0.5) is 0 Å². The molecule has 0 aromatic heterocycles. The van der Waals surface area contributed by atoms with E-state index >= 15 is 0 Å². The minimum atomic E-state index is 0.907. The van der Waals surface area contributed by atoms with Crippen molar-refractivity contribution in [1.82, 2.24) is 0 Å². The van der Waals surface area contributed by atoms with Gasteiger partial charge in [0.05, 0.1) is 0 Å². The number of allylic oxidation sites excluding steroid dienone is 2. The lowest BCUT2D eigenvalue weighted by atomic mass is 10.3. The summed E-state index contributed by atoms with van der Waals surface area (Å²) in [4.78, 5) is 0. The molecule has 0 nitrogen and oxygen atoms in total. The van der Waals surface area contributed by atoms with E-state index in [4.69, 9.17) is 0 Å². The molecule has 0 aliphatic carbocycles. The monoisotopic (exact) mass is 108 g/mol. The molecule has 0 saturated heterocycles. The van der Waals surface area contributed by atoms with Gasteiger partial charge in [0.15, 0.2) is 0 Å². The van der Waals surface area contributed by atoms with E-state index in [2.05, 4.69) is 24.8 Å². The lowest BCUT2D eigenvalue weighted by Gasteiger charge is -1.71. The van der Waals surface area contributed by atoms with Gasteiger partial charge in [0.1, 0.15) is 0 Å². The van der Waals surface area contributed by atoms with E-state index in [1.165, 1.54) is 0 Å². The average molecular weight is 108 g/mol. The minimum absolute atomic E-state index is 0.907. The highest BCUT2D eigenvalue weighted by Gasteiger charge is 1.62. The third kappa shape index (κ3) is 5.30. The van der Waals surface area contributed by atoms with E-state index in [0.29, 0.717) is 0 Å². The van der Waals surface area contributed by atoms with Crippen LogP contribution in [-0.4, -0.2) is 0 Å². The van der Waals surface area contributed by atoms with Gasteiger partial charge in [-0.05, 0) is 6.92 Å². The first-order valence-corrected chi connectivity index (χ1v) is 2.98. The van der Waals surface area contributed by atoms with Crippen LogP contribution in [0.5, 0.6) is 0 Å². The van der Waals surface area contributed by atoms with Crippen molar-refractivity contribution in [2.24, 2.45) is 0 Å². The topological polar surface area (TPSA) is 0 Å². The normalized spacial score (nSPS) is 8.75. The summed E-state index contributed by atoms with van der Waals surface area (Å²) in [5.41, 5.74) is 0. The fourth-order valence-electron chi connectivity index (χ4n) is 0.374. The predicted molar refractivity (Wildman–Crippen MR) is 37.5 cm³/mol. The molecule has 0 bridgehead atoms. The van der Waals surface area contributed by atoms with Gasteiger partial charge in [-0.2, -0.15) is 0 Å². The summed E-state index contributed by atoms with van der Waals surface area (Å²) in [5.74, 6) is 5.98. The number of hydrogen-bond donors (Lipinski definition) is 0. The Bertz CT molecular complexity index is 110. The summed E-state index contributed by atoms with van der Waals surface area (Å²) in [6.45, 7) is 4.07. The van der Waals surface area contributed by atoms with Crippen molar-refractivity contribution in [3.63, 3.8) is 0 Å². The van der Waals surface area contributed by atoms with Gasteiger partial charge in [0.25, 0.3) is 0 Å². The Morgan fingerprint density at radius 2 is 2.12 bits per heavy atom. The number of hydrogen-bond acceptors (Lipinski definition) is 0. The largest absolute Gasteiger partial charge is 0.103 e. The zero-order chi connectivity index (χ0) is 6.24. The number of rotatable bonds is 1. The molecule has 0 rings (SSSR count). The van der Waals surface area contributed by atoms with E-state index in [-0.39, 0.29) is 0 Å². The van der Waals surface area contributed by atoms with Crippen LogP contribution in [0.15, 0.2) is 12.2 Å². The zero-order valence-corrected chi connectivity index (χ0v) is 5.57. The molecule has 0 atom stereocenters. The van der Waals surface area contributed by atoms with E-state index in [9.17, 15) is 0 Å². The van der Waals surface area contributed by atoms with Crippen molar-refractivity contribution >= 4 is 0 Å². The van der Waals surface area contributed by atoms with Crippen LogP contribution in [0, 0.1) is 11.8 Å². The molecule has 0 aliphatic heterocycles. The first-order valence-electron chi connectivity index (χ1n) is 2.98. The summed E-state index contributed by atoms with van der Waals surface area (Å²) in [7, 11) is 0. The highest BCUT2D eigenvalue weighted by molar-refractivity contribution is 5.03. The summed E-state index contributed by atoms with van der Waals surface area (Å²) in [6.07, 6.45) is 5.95. The Morgan fingerprint density at radius 3 is 2.62 bits per heavy atom. The van der Waals surface area contributed by atoms with Gasteiger partial charge in [0, 0.05) is 12.8 Å². The zero-order valence-electron chi connectivity index (χ0n) is 5.57. The first-order chi connectivity index (χ1) is 3.91. The van der Waals surface area contributed by atoms with E-state index in [0.717, 1.165) is 12.8 Å². The van der Waals surface area contributed by atoms with Gasteiger partial charge in [0.2, 0.25) is 0 Å². The smallest absolute Gasteiger partial charge is 0.0269 e. The van der Waals surface area contributed by atoms with E-state index in [1.54, 1.807) is 0 Å². The van der Waals surface area contributed by atoms with Crippen molar-refractivity contribution in [2.45, 2.75) is 26.7 Å². The molecule has 0 unspecified atom stereocenters. The summed E-state index contributed by atoms with van der Waals surface area (Å²) in [6, 6.07) is 0. The molecule has 0 aromatic carbocycles. The van der Waals surface area contributed by atoms with Crippen molar-refractivity contribution in [3.05, 3.63) is 12.2 Å². The maximum absolute atomic E-state index is 3.00. The second-order valence-corrected chi connectivity index (χ2v) is 1.48. The molecule has 0 saturated carbocycles. The Hall–Kier alpha value is -0.700. The van der Waals surface area contributed by atoms with E-state index in [1.807, 2.05) is 13.0 Å². The summed E-state index contributed by atoms with van der Waals surface area (Å²) in [5, 5.41) is 0. The molecule has 0 spiro atoms. The van der Waals surface area contributed by atoms with Crippen molar-refractivity contribution in [1.29, 1.82) is 0 Å². The standard InChI is InChI=1S/C8H12/c1-3-5-7-8-6-4-2/h3,5H,4,7H2,1-2H3/b5-3+. The lowest BCUT2D eigenvalue weighted by Crippen LogP contribution is -1.56. The summed E-state index contributed by atoms with van der Waals surface area (Å²) < 4.78 is 0. The third-order valence-corrected chi connectivity index (χ3v) is 0.757.